The van der Waals surface area contributed by atoms with Crippen LogP contribution in [-0.4, -0.2) is 24.8 Å². The predicted molar refractivity (Wildman–Crippen MR) is 103 cm³/mol. The molecule has 4 nitrogen and oxygen atoms in total. The summed E-state index contributed by atoms with van der Waals surface area (Å²) in [6, 6.07) is 12.4. The molecule has 1 unspecified atom stereocenters. The van der Waals surface area contributed by atoms with Gasteiger partial charge in [-0.1, -0.05) is 24.3 Å². The summed E-state index contributed by atoms with van der Waals surface area (Å²) < 4.78 is 53.4. The van der Waals surface area contributed by atoms with E-state index in [4.69, 9.17) is 0 Å². The zero-order valence-corrected chi connectivity index (χ0v) is 15.9. The van der Waals surface area contributed by atoms with E-state index in [-0.39, 0.29) is 5.52 Å². The first kappa shape index (κ1) is 18.8. The molecule has 0 aliphatic carbocycles. The average Bonchev–Trinajstić information content (AvgIpc) is 3.01. The van der Waals surface area contributed by atoms with Crippen LogP contribution < -0.4 is 0 Å². The third-order valence-electron chi connectivity index (χ3n) is 4.63. The number of hydrogen-bond donors (Lipinski definition) is 0. The Hall–Kier alpha value is -2.58. The smallest absolute Gasteiger partial charge is 0.417 e. The number of benzene rings is 2. The van der Waals surface area contributed by atoms with Crippen molar-refractivity contribution in [2.45, 2.75) is 18.0 Å². The van der Waals surface area contributed by atoms with Crippen molar-refractivity contribution in [2.75, 3.05) is 5.75 Å². The quantitative estimate of drug-likeness (QED) is 0.456. The van der Waals surface area contributed by atoms with Crippen LogP contribution in [0.5, 0.6) is 0 Å². The summed E-state index contributed by atoms with van der Waals surface area (Å²) in [5.41, 5.74) is 0.270. The van der Waals surface area contributed by atoms with Crippen LogP contribution >= 0.6 is 0 Å². The van der Waals surface area contributed by atoms with Crippen molar-refractivity contribution in [3.8, 4) is 11.4 Å². The highest BCUT2D eigenvalue weighted by molar-refractivity contribution is 7.91. The Kier molecular flexibility index (Phi) is 4.55. The first-order valence-corrected chi connectivity index (χ1v) is 9.92. The number of alkyl halides is 3. The van der Waals surface area contributed by atoms with Gasteiger partial charge in [0.25, 0.3) is 0 Å². The van der Waals surface area contributed by atoms with Gasteiger partial charge in [0.05, 0.1) is 11.1 Å². The number of rotatable bonds is 3. The number of hydrogen-bond acceptors (Lipinski definition) is 3. The number of nitrogens with zero attached hydrogens (tertiary/aromatic N) is 3. The Morgan fingerprint density at radius 2 is 1.79 bits per heavy atom. The second kappa shape index (κ2) is 6.79. The molecule has 144 valence electrons. The molecule has 0 saturated carbocycles. The highest BCUT2D eigenvalue weighted by Crippen LogP contribution is 2.35. The first-order chi connectivity index (χ1) is 13.3. The number of pyridine rings is 1. The van der Waals surface area contributed by atoms with Crippen LogP contribution in [0.2, 0.25) is 0 Å². The van der Waals surface area contributed by atoms with Crippen LogP contribution in [0, 0.1) is 0 Å². The van der Waals surface area contributed by atoms with Crippen molar-refractivity contribution in [2.24, 2.45) is 7.05 Å². The number of halogens is 3. The van der Waals surface area contributed by atoms with Gasteiger partial charge in [-0.2, -0.15) is 13.2 Å². The lowest BCUT2D eigenvalue weighted by Gasteiger charge is -2.14. The molecule has 1 atom stereocenters. The lowest BCUT2D eigenvalue weighted by atomic mass is 10.1. The minimum Gasteiger partial charge on any atom is -0.611 e. The third kappa shape index (κ3) is 3.12. The normalized spacial score (nSPS) is 13.4. The van der Waals surface area contributed by atoms with Gasteiger partial charge in [-0.05, 0) is 41.0 Å². The Morgan fingerprint density at radius 1 is 1.11 bits per heavy atom. The molecule has 4 rings (SSSR count). The van der Waals surface area contributed by atoms with Crippen LogP contribution in [0.15, 0.2) is 53.6 Å². The number of aromatic nitrogens is 3. The van der Waals surface area contributed by atoms with Crippen molar-refractivity contribution >= 4 is 33.1 Å². The fraction of sp³-hybridized carbons (Fsp3) is 0.200. The molecule has 2 heterocycles. The van der Waals surface area contributed by atoms with Gasteiger partial charge in [0.15, 0.2) is 10.5 Å². The van der Waals surface area contributed by atoms with Gasteiger partial charge in [0.2, 0.25) is 0 Å². The third-order valence-corrected chi connectivity index (χ3v) is 5.99. The van der Waals surface area contributed by atoms with Gasteiger partial charge in [0.1, 0.15) is 17.1 Å². The van der Waals surface area contributed by atoms with Gasteiger partial charge in [-0.25, -0.2) is 9.97 Å². The largest absolute Gasteiger partial charge is 0.611 e. The summed E-state index contributed by atoms with van der Waals surface area (Å²) in [5.74, 6) is 0.857. The summed E-state index contributed by atoms with van der Waals surface area (Å²) in [6.45, 7) is 1.82. The fourth-order valence-electron chi connectivity index (χ4n) is 3.21. The summed E-state index contributed by atoms with van der Waals surface area (Å²) in [4.78, 5) is 8.97. The molecule has 8 heteroatoms. The highest BCUT2D eigenvalue weighted by Gasteiger charge is 2.32. The van der Waals surface area contributed by atoms with E-state index in [1.807, 2.05) is 43.3 Å². The molecule has 0 aliphatic heterocycles. The van der Waals surface area contributed by atoms with E-state index >= 15 is 0 Å². The molecule has 2 aromatic heterocycles. The van der Waals surface area contributed by atoms with E-state index in [1.165, 1.54) is 0 Å². The maximum Gasteiger partial charge on any atom is 0.417 e. The molecule has 0 amide bonds. The second-order valence-corrected chi connectivity index (χ2v) is 8.10. The van der Waals surface area contributed by atoms with E-state index in [0.29, 0.717) is 27.7 Å². The maximum atomic E-state index is 13.0. The van der Waals surface area contributed by atoms with E-state index < -0.39 is 22.9 Å². The van der Waals surface area contributed by atoms with Gasteiger partial charge in [-0.3, -0.25) is 0 Å². The molecule has 0 radical (unpaired) electrons. The lowest BCUT2D eigenvalue weighted by Crippen LogP contribution is -2.07. The van der Waals surface area contributed by atoms with Crippen molar-refractivity contribution in [3.05, 3.63) is 54.2 Å². The van der Waals surface area contributed by atoms with E-state index in [0.717, 1.165) is 23.0 Å². The molecule has 0 saturated heterocycles. The minimum atomic E-state index is -4.49. The standard InChI is InChI=1S/C20H16F3N3OS/c1-3-28(27)17-9-13-7-5-4-6-12(13)8-15(17)18-25-16-10-14(20(21,22)23)11-24-19(16)26(18)2/h4-11H,3H2,1-2H3. The Labute approximate surface area is 162 Å². The average molecular weight is 403 g/mol. The Balaban J connectivity index is 1.98. The van der Waals surface area contributed by atoms with Gasteiger partial charge < -0.3 is 9.12 Å². The molecule has 0 N–H and O–H groups in total. The van der Waals surface area contributed by atoms with Crippen molar-refractivity contribution in [1.82, 2.24) is 14.5 Å². The molecule has 4 aromatic rings. The maximum absolute atomic E-state index is 13.0. The van der Waals surface area contributed by atoms with E-state index in [1.54, 1.807) is 11.6 Å². The first-order valence-electron chi connectivity index (χ1n) is 8.61. The zero-order chi connectivity index (χ0) is 20.1. The van der Waals surface area contributed by atoms with Crippen LogP contribution in [0.4, 0.5) is 13.2 Å². The molecule has 0 fully saturated rings. The monoisotopic (exact) mass is 403 g/mol. The minimum absolute atomic E-state index is 0.147. The van der Waals surface area contributed by atoms with Crippen LogP contribution in [0.1, 0.15) is 12.5 Å². The van der Waals surface area contributed by atoms with Crippen molar-refractivity contribution < 1.29 is 17.7 Å². The molecule has 0 spiro atoms. The van der Waals surface area contributed by atoms with E-state index in [2.05, 4.69) is 9.97 Å². The predicted octanol–water partition coefficient (Wildman–Crippen LogP) is 4.93. The van der Waals surface area contributed by atoms with Gasteiger partial charge in [-0.15, -0.1) is 0 Å². The molecular formula is C20H16F3N3OS. The summed E-state index contributed by atoms with van der Waals surface area (Å²) >= 11 is -1.26. The lowest BCUT2D eigenvalue weighted by molar-refractivity contribution is -0.137. The van der Waals surface area contributed by atoms with Crippen LogP contribution in [-0.2, 0) is 24.4 Å². The number of fused-ring (bicyclic) bond motifs is 2. The topological polar surface area (TPSA) is 53.8 Å². The molecular weight excluding hydrogens is 387 g/mol. The summed E-state index contributed by atoms with van der Waals surface area (Å²) in [6.07, 6.45) is -3.68. The Morgan fingerprint density at radius 3 is 2.43 bits per heavy atom. The van der Waals surface area contributed by atoms with Gasteiger partial charge in [0, 0.05) is 19.3 Å². The number of aryl methyl sites for hydroxylation is 1. The molecule has 0 aliphatic rings. The van der Waals surface area contributed by atoms with Gasteiger partial charge >= 0.3 is 6.18 Å². The highest BCUT2D eigenvalue weighted by atomic mass is 32.2. The van der Waals surface area contributed by atoms with Crippen LogP contribution in [0.25, 0.3) is 33.3 Å². The Bertz CT molecular complexity index is 1190. The summed E-state index contributed by atoms with van der Waals surface area (Å²) in [7, 11) is 1.69. The number of imidazole rings is 1. The van der Waals surface area contributed by atoms with Crippen LogP contribution in [0.3, 0.4) is 0 Å². The molecule has 28 heavy (non-hydrogen) atoms. The van der Waals surface area contributed by atoms with E-state index in [9.17, 15) is 17.7 Å². The van der Waals surface area contributed by atoms with Crippen molar-refractivity contribution in [3.63, 3.8) is 0 Å². The second-order valence-electron chi connectivity index (χ2n) is 6.39. The van der Waals surface area contributed by atoms with Crippen molar-refractivity contribution in [1.29, 1.82) is 0 Å². The summed E-state index contributed by atoms with van der Waals surface area (Å²) in [5, 5.41) is 1.88. The molecule has 2 aromatic carbocycles. The zero-order valence-electron chi connectivity index (χ0n) is 15.1. The fourth-order valence-corrected chi connectivity index (χ4v) is 4.17. The SMILES string of the molecule is CC[S+]([O-])c1cc2ccccc2cc1-c1nc2cc(C(F)(F)F)cnc2n1C. The molecule has 0 bridgehead atoms.